The monoisotopic (exact) mass is 614 g/mol. The third-order valence-corrected chi connectivity index (χ3v) is 8.44. The van der Waals surface area contributed by atoms with Crippen LogP contribution in [0.15, 0.2) is 84.9 Å². The molecule has 0 radical (unpaired) electrons. The number of amides is 3. The average molecular weight is 615 g/mol. The molecule has 0 bridgehead atoms. The Hall–Kier alpha value is -4.14. The van der Waals surface area contributed by atoms with E-state index in [0.717, 1.165) is 29.5 Å². The maximum absolute atomic E-state index is 14.0. The normalized spacial score (nSPS) is 22.0. The highest BCUT2D eigenvalue weighted by atomic mass is 35.5. The molecule has 5 rings (SSSR count). The Bertz CT molecular complexity index is 1460. The summed E-state index contributed by atoms with van der Waals surface area (Å²) in [6.07, 6.45) is 7.10. The van der Waals surface area contributed by atoms with Crippen LogP contribution in [0.3, 0.4) is 0 Å². The van der Waals surface area contributed by atoms with Gasteiger partial charge < -0.3 is 26.0 Å². The lowest BCUT2D eigenvalue weighted by atomic mass is 9.93. The van der Waals surface area contributed by atoms with Crippen LogP contribution in [0.4, 0.5) is 0 Å². The quantitative estimate of drug-likeness (QED) is 0.352. The second kappa shape index (κ2) is 15.0. The van der Waals surface area contributed by atoms with Crippen LogP contribution in [-0.2, 0) is 27.2 Å². The van der Waals surface area contributed by atoms with E-state index in [9.17, 15) is 14.4 Å². The van der Waals surface area contributed by atoms with Gasteiger partial charge in [-0.25, -0.2) is 0 Å². The van der Waals surface area contributed by atoms with Crippen LogP contribution in [0.2, 0.25) is 5.02 Å². The summed E-state index contributed by atoms with van der Waals surface area (Å²) in [5.74, 6) is -0.195. The van der Waals surface area contributed by atoms with Gasteiger partial charge in [0.15, 0.2) is 0 Å². The third-order valence-electron chi connectivity index (χ3n) is 8.19. The fourth-order valence-corrected chi connectivity index (χ4v) is 5.92. The van der Waals surface area contributed by atoms with Gasteiger partial charge >= 0.3 is 0 Å². The number of halogens is 1. The summed E-state index contributed by atoms with van der Waals surface area (Å²) in [7, 11) is 0. The van der Waals surface area contributed by atoms with E-state index in [1.54, 1.807) is 12.1 Å². The Morgan fingerprint density at radius 3 is 2.25 bits per heavy atom. The van der Waals surface area contributed by atoms with E-state index in [1.807, 2.05) is 78.9 Å². The molecule has 2 atom stereocenters. The van der Waals surface area contributed by atoms with Crippen molar-refractivity contribution in [3.8, 4) is 5.75 Å². The largest absolute Gasteiger partial charge is 0.492 e. The first-order valence-corrected chi connectivity index (χ1v) is 15.6. The predicted octanol–water partition coefficient (Wildman–Crippen LogP) is 4.22. The molecule has 1 fully saturated rings. The van der Waals surface area contributed by atoms with E-state index >= 15 is 0 Å². The van der Waals surface area contributed by atoms with E-state index in [1.165, 1.54) is 0 Å². The minimum absolute atomic E-state index is 0.273. The van der Waals surface area contributed by atoms with Crippen molar-refractivity contribution in [3.63, 3.8) is 0 Å². The highest BCUT2D eigenvalue weighted by molar-refractivity contribution is 6.30. The number of ether oxygens (including phenoxy) is 1. The van der Waals surface area contributed by atoms with Gasteiger partial charge in [0.25, 0.3) is 0 Å². The Morgan fingerprint density at radius 2 is 1.48 bits per heavy atom. The van der Waals surface area contributed by atoms with E-state index in [4.69, 9.17) is 16.3 Å². The molecule has 0 saturated heterocycles. The lowest BCUT2D eigenvalue weighted by molar-refractivity contribution is -0.136. The first kappa shape index (κ1) is 31.3. The van der Waals surface area contributed by atoms with Gasteiger partial charge in [0.1, 0.15) is 23.9 Å². The predicted molar refractivity (Wildman–Crippen MR) is 172 cm³/mol. The van der Waals surface area contributed by atoms with Crippen LogP contribution in [-0.4, -0.2) is 55.0 Å². The Balaban J connectivity index is 1.44. The van der Waals surface area contributed by atoms with Crippen molar-refractivity contribution in [1.82, 2.24) is 21.3 Å². The van der Waals surface area contributed by atoms with Crippen LogP contribution in [0.5, 0.6) is 5.75 Å². The van der Waals surface area contributed by atoms with Gasteiger partial charge in [0, 0.05) is 30.1 Å². The molecule has 3 aromatic rings. The molecule has 230 valence electrons. The summed E-state index contributed by atoms with van der Waals surface area (Å²) < 4.78 is 6.08. The summed E-state index contributed by atoms with van der Waals surface area (Å²) in [4.78, 5) is 41.4. The number of hydrogen-bond acceptors (Lipinski definition) is 5. The van der Waals surface area contributed by atoms with Crippen LogP contribution in [0.1, 0.15) is 42.4 Å². The molecule has 0 unspecified atom stereocenters. The molecule has 3 aromatic carbocycles. The van der Waals surface area contributed by atoms with E-state index in [2.05, 4.69) is 21.3 Å². The fourth-order valence-electron chi connectivity index (χ4n) is 5.79. The van der Waals surface area contributed by atoms with Crippen molar-refractivity contribution in [2.45, 2.75) is 56.1 Å². The zero-order chi connectivity index (χ0) is 30.8. The second-order valence-corrected chi connectivity index (χ2v) is 11.8. The highest BCUT2D eigenvalue weighted by Crippen LogP contribution is 2.30. The summed E-state index contributed by atoms with van der Waals surface area (Å²) in [6.45, 7) is 1.03. The van der Waals surface area contributed by atoms with E-state index in [0.29, 0.717) is 49.6 Å². The first-order chi connectivity index (χ1) is 21.4. The summed E-state index contributed by atoms with van der Waals surface area (Å²) in [6, 6.07) is 23.2. The number of carbonyl (C=O) groups is 3. The smallest absolute Gasteiger partial charge is 0.246 e. The van der Waals surface area contributed by atoms with E-state index in [-0.39, 0.29) is 24.3 Å². The minimum atomic E-state index is -1.10. The lowest BCUT2D eigenvalue weighted by Crippen LogP contribution is -2.63. The van der Waals surface area contributed by atoms with Gasteiger partial charge in [0.2, 0.25) is 17.7 Å². The van der Waals surface area contributed by atoms with Crippen molar-refractivity contribution in [1.29, 1.82) is 0 Å². The Morgan fingerprint density at radius 1 is 0.795 bits per heavy atom. The van der Waals surface area contributed by atoms with E-state index < -0.39 is 17.6 Å². The van der Waals surface area contributed by atoms with Crippen LogP contribution >= 0.6 is 11.6 Å². The zero-order valence-electron chi connectivity index (χ0n) is 24.7. The number of hydrogen-bond donors (Lipinski definition) is 4. The molecule has 1 aliphatic heterocycles. The molecule has 8 nitrogen and oxygen atoms in total. The number of carbonyl (C=O) groups excluding carboxylic acids is 3. The molecule has 0 aromatic heterocycles. The molecule has 9 heteroatoms. The highest BCUT2D eigenvalue weighted by Gasteiger charge is 2.44. The van der Waals surface area contributed by atoms with Gasteiger partial charge in [-0.15, -0.1) is 0 Å². The molecule has 1 spiro atoms. The number of para-hydroxylation sites is 1. The second-order valence-electron chi connectivity index (χ2n) is 11.4. The molecular weight excluding hydrogens is 576 g/mol. The maximum atomic E-state index is 14.0. The molecule has 2 aliphatic rings. The molecule has 1 saturated carbocycles. The summed E-state index contributed by atoms with van der Waals surface area (Å²) in [5.41, 5.74) is 1.63. The van der Waals surface area contributed by atoms with Crippen molar-refractivity contribution in [3.05, 3.63) is 107 Å². The molecule has 3 amide bonds. The number of fused-ring (bicyclic) bond motifs is 1. The Labute approximate surface area is 263 Å². The van der Waals surface area contributed by atoms with Crippen LogP contribution in [0.25, 0.3) is 6.08 Å². The summed E-state index contributed by atoms with van der Waals surface area (Å²) in [5, 5.41) is 13.1. The van der Waals surface area contributed by atoms with Crippen molar-refractivity contribution in [2.24, 2.45) is 0 Å². The Kier molecular flexibility index (Phi) is 10.7. The van der Waals surface area contributed by atoms with Gasteiger partial charge in [-0.1, -0.05) is 97.3 Å². The standard InChI is InChI=1S/C35H39ClN4O4/c36-28-16-14-26(15-17-28)23-29-33(42)40-35(18-6-7-19-35)34(43)39-30(24-25-9-2-1-3-10-25)32(41)38-20-8-12-27-11-4-5-13-31(27)44-22-21-37-29/h1-5,8-17,29-30,37H,6-7,18-24H2,(H,38,41)(H,39,43)(H,40,42)/b12-8-/t29-,30-/m0/s1. The minimum Gasteiger partial charge on any atom is -0.492 e. The van der Waals surface area contributed by atoms with Crippen molar-refractivity contribution in [2.75, 3.05) is 19.7 Å². The summed E-state index contributed by atoms with van der Waals surface area (Å²) >= 11 is 6.10. The topological polar surface area (TPSA) is 109 Å². The zero-order valence-corrected chi connectivity index (χ0v) is 25.4. The lowest BCUT2D eigenvalue weighted by Gasteiger charge is -2.33. The van der Waals surface area contributed by atoms with Crippen LogP contribution < -0.4 is 26.0 Å². The van der Waals surface area contributed by atoms with Gasteiger partial charge in [-0.3, -0.25) is 14.4 Å². The van der Waals surface area contributed by atoms with Crippen molar-refractivity contribution >= 4 is 35.4 Å². The maximum Gasteiger partial charge on any atom is 0.246 e. The molecule has 4 N–H and O–H groups in total. The third kappa shape index (κ3) is 8.27. The van der Waals surface area contributed by atoms with Crippen LogP contribution in [0, 0.1) is 0 Å². The van der Waals surface area contributed by atoms with Gasteiger partial charge in [-0.2, -0.15) is 0 Å². The molecular formula is C35H39ClN4O4. The van der Waals surface area contributed by atoms with Gasteiger partial charge in [0.05, 0.1) is 6.04 Å². The first-order valence-electron chi connectivity index (χ1n) is 15.2. The molecule has 44 heavy (non-hydrogen) atoms. The number of nitrogens with one attached hydrogen (secondary N) is 4. The van der Waals surface area contributed by atoms with Crippen molar-refractivity contribution < 1.29 is 19.1 Å². The molecule has 1 aliphatic carbocycles. The number of benzene rings is 3. The number of rotatable bonds is 4. The molecule has 1 heterocycles. The fraction of sp³-hybridized carbons (Fsp3) is 0.343. The average Bonchev–Trinajstić information content (AvgIpc) is 3.51. The van der Waals surface area contributed by atoms with Gasteiger partial charge in [-0.05, 0) is 48.6 Å². The SMILES string of the molecule is O=C1NC2(CCCC2)C(=O)N[C@@H](Cc2ccccc2)C(=O)NC/C=C\c2ccccc2OCCN[C@H]1Cc1ccc(Cl)cc1.